The minimum absolute atomic E-state index is 0.0739. The second-order valence-corrected chi connectivity index (χ2v) is 9.33. The van der Waals surface area contributed by atoms with E-state index in [1.807, 2.05) is 24.3 Å². The van der Waals surface area contributed by atoms with Crippen LogP contribution in [0.5, 0.6) is 0 Å². The van der Waals surface area contributed by atoms with E-state index in [1.165, 1.54) is 17.7 Å². The van der Waals surface area contributed by atoms with Crippen molar-refractivity contribution in [1.29, 1.82) is 0 Å². The zero-order chi connectivity index (χ0) is 22.6. The fourth-order valence-corrected chi connectivity index (χ4v) is 5.36. The molecule has 0 saturated carbocycles. The molecular formula is C26H26FN5S. The number of hydrogen-bond donors (Lipinski definition) is 2. The highest BCUT2D eigenvalue weighted by atomic mass is 32.1. The van der Waals surface area contributed by atoms with E-state index < -0.39 is 0 Å². The highest BCUT2D eigenvalue weighted by Crippen LogP contribution is 2.40. The van der Waals surface area contributed by atoms with Crippen LogP contribution >= 0.6 is 11.3 Å². The maximum atomic E-state index is 13.6. The average molecular weight is 460 g/mol. The monoisotopic (exact) mass is 459 g/mol. The van der Waals surface area contributed by atoms with Crippen molar-refractivity contribution in [2.45, 2.75) is 31.7 Å². The molecule has 5 nitrogen and oxygen atoms in total. The van der Waals surface area contributed by atoms with Gasteiger partial charge in [-0.2, -0.15) is 0 Å². The molecule has 5 rings (SSSR count). The molecule has 1 fully saturated rings. The fraction of sp³-hybridized carbons (Fsp3) is 0.269. The summed E-state index contributed by atoms with van der Waals surface area (Å²) >= 11 is 1.69. The van der Waals surface area contributed by atoms with Gasteiger partial charge >= 0.3 is 0 Å². The first kappa shape index (κ1) is 21.7. The van der Waals surface area contributed by atoms with E-state index in [9.17, 15) is 4.39 Å². The summed E-state index contributed by atoms with van der Waals surface area (Å²) in [7, 11) is 0. The van der Waals surface area contributed by atoms with E-state index >= 15 is 0 Å². The molecule has 0 spiro atoms. The molecule has 2 aromatic heterocycles. The average Bonchev–Trinajstić information content (AvgIpc) is 3.31. The molecule has 33 heavy (non-hydrogen) atoms. The minimum Gasteiger partial charge on any atom is -0.348 e. The predicted octanol–water partition coefficient (Wildman–Crippen LogP) is 6.05. The van der Waals surface area contributed by atoms with Gasteiger partial charge in [-0.15, -0.1) is 11.3 Å². The van der Waals surface area contributed by atoms with Crippen molar-refractivity contribution in [1.82, 2.24) is 20.3 Å². The maximum Gasteiger partial charge on any atom is 0.223 e. The first-order valence-electron chi connectivity index (χ1n) is 11.3. The van der Waals surface area contributed by atoms with E-state index in [4.69, 9.17) is 9.97 Å². The molecule has 1 atom stereocenters. The highest BCUT2D eigenvalue weighted by Gasteiger charge is 2.23. The van der Waals surface area contributed by atoms with Crippen LogP contribution in [0, 0.1) is 5.82 Å². The number of nitrogens with one attached hydrogen (secondary N) is 2. The molecule has 1 unspecified atom stereocenters. The predicted molar refractivity (Wildman–Crippen MR) is 132 cm³/mol. The Morgan fingerprint density at radius 2 is 1.76 bits per heavy atom. The summed E-state index contributed by atoms with van der Waals surface area (Å²) in [6.45, 7) is 4.10. The van der Waals surface area contributed by atoms with Crippen LogP contribution in [0.3, 0.4) is 0 Å². The summed E-state index contributed by atoms with van der Waals surface area (Å²) < 4.78 is 13.6. The summed E-state index contributed by atoms with van der Waals surface area (Å²) in [5.74, 6) is 0.755. The first-order chi connectivity index (χ1) is 16.2. The summed E-state index contributed by atoms with van der Waals surface area (Å²) in [5, 5.41) is 7.95. The third-order valence-corrected chi connectivity index (χ3v) is 7.22. The number of hydrogen-bond acceptors (Lipinski definition) is 6. The number of aromatic nitrogens is 3. The quantitative estimate of drug-likeness (QED) is 0.368. The van der Waals surface area contributed by atoms with Gasteiger partial charge < -0.3 is 10.6 Å². The molecule has 0 bridgehead atoms. The molecule has 0 amide bonds. The lowest BCUT2D eigenvalue weighted by Gasteiger charge is -2.20. The molecule has 1 saturated heterocycles. The first-order valence-corrected chi connectivity index (χ1v) is 12.1. The van der Waals surface area contributed by atoms with Crippen LogP contribution < -0.4 is 10.6 Å². The van der Waals surface area contributed by atoms with Crippen molar-refractivity contribution in [3.63, 3.8) is 0 Å². The number of anilines is 1. The molecule has 7 heteroatoms. The molecule has 1 aliphatic heterocycles. The lowest BCUT2D eigenvalue weighted by atomic mass is 9.99. The van der Waals surface area contributed by atoms with Gasteiger partial charge in [0.15, 0.2) is 0 Å². The molecule has 0 aliphatic carbocycles. The van der Waals surface area contributed by atoms with Crippen LogP contribution in [-0.2, 0) is 0 Å². The van der Waals surface area contributed by atoms with Gasteiger partial charge in [-0.1, -0.05) is 30.3 Å². The van der Waals surface area contributed by atoms with Crippen LogP contribution in [0.25, 0.3) is 21.8 Å². The van der Waals surface area contributed by atoms with Crippen LogP contribution in [0.2, 0.25) is 0 Å². The topological polar surface area (TPSA) is 62.7 Å². The number of piperidine rings is 1. The Kier molecular flexibility index (Phi) is 6.41. The Morgan fingerprint density at radius 1 is 1.00 bits per heavy atom. The van der Waals surface area contributed by atoms with Crippen LogP contribution in [0.4, 0.5) is 10.3 Å². The van der Waals surface area contributed by atoms with Crippen molar-refractivity contribution >= 4 is 17.3 Å². The van der Waals surface area contributed by atoms with E-state index in [0.29, 0.717) is 11.9 Å². The van der Waals surface area contributed by atoms with Crippen molar-refractivity contribution in [3.8, 4) is 21.8 Å². The van der Waals surface area contributed by atoms with Gasteiger partial charge in [-0.3, -0.25) is 0 Å². The lowest BCUT2D eigenvalue weighted by molar-refractivity contribution is 0.459. The van der Waals surface area contributed by atoms with Gasteiger partial charge in [0.05, 0.1) is 27.3 Å². The third-order valence-electron chi connectivity index (χ3n) is 5.98. The SMILES string of the molecule is CC(Nc1nccc(-c2sc(C3CCNCC3)nc2-c2ccc(F)cc2)n1)c1ccccc1. The largest absolute Gasteiger partial charge is 0.348 e. The van der Waals surface area contributed by atoms with E-state index in [2.05, 4.69) is 34.7 Å². The molecule has 1 aliphatic rings. The Hall–Kier alpha value is -3.16. The fourth-order valence-electron chi connectivity index (χ4n) is 4.13. The Morgan fingerprint density at radius 3 is 2.52 bits per heavy atom. The second kappa shape index (κ2) is 9.77. The number of halogens is 1. The van der Waals surface area contributed by atoms with Crippen molar-refractivity contribution < 1.29 is 4.39 Å². The van der Waals surface area contributed by atoms with Crippen molar-refractivity contribution in [3.05, 3.63) is 83.2 Å². The van der Waals surface area contributed by atoms with Gasteiger partial charge in [0.2, 0.25) is 5.95 Å². The standard InChI is InChI=1S/C26H26FN5S/c1-17(18-5-3-2-4-6-18)30-26-29-16-13-22(31-26)24-23(19-7-9-21(27)10-8-19)32-25(33-24)20-11-14-28-15-12-20/h2-10,13,16-17,20,28H,11-12,14-15H2,1H3,(H,29,30,31). The molecule has 2 N–H and O–H groups in total. The normalized spacial score (nSPS) is 15.3. The number of thiazole rings is 1. The van der Waals surface area contributed by atoms with Crippen molar-refractivity contribution in [2.75, 3.05) is 18.4 Å². The smallest absolute Gasteiger partial charge is 0.223 e. The zero-order valence-corrected chi connectivity index (χ0v) is 19.3. The summed E-state index contributed by atoms with van der Waals surface area (Å²) in [6, 6.07) is 18.8. The van der Waals surface area contributed by atoms with Gasteiger partial charge in [-0.25, -0.2) is 19.3 Å². The number of benzene rings is 2. The molecule has 0 radical (unpaired) electrons. The Balaban J connectivity index is 1.50. The summed E-state index contributed by atoms with van der Waals surface area (Å²) in [5.41, 5.74) is 3.75. The highest BCUT2D eigenvalue weighted by molar-refractivity contribution is 7.15. The van der Waals surface area contributed by atoms with Crippen LogP contribution in [0.15, 0.2) is 66.9 Å². The van der Waals surface area contributed by atoms with Crippen LogP contribution in [0.1, 0.15) is 42.3 Å². The maximum absolute atomic E-state index is 13.6. The minimum atomic E-state index is -0.252. The number of rotatable bonds is 6. The van der Waals surface area contributed by atoms with Gasteiger partial charge in [0.1, 0.15) is 5.82 Å². The molecule has 3 heterocycles. The molecule has 168 valence electrons. The lowest BCUT2D eigenvalue weighted by Crippen LogP contribution is -2.26. The van der Waals surface area contributed by atoms with Crippen LogP contribution in [-0.4, -0.2) is 28.0 Å². The van der Waals surface area contributed by atoms with Crippen molar-refractivity contribution in [2.24, 2.45) is 0 Å². The van der Waals surface area contributed by atoms with Gasteiger partial charge in [-0.05, 0) is 68.8 Å². The van der Waals surface area contributed by atoms with E-state index in [1.54, 1.807) is 29.7 Å². The molecule has 4 aromatic rings. The summed E-state index contributed by atoms with van der Waals surface area (Å²) in [6.07, 6.45) is 3.92. The summed E-state index contributed by atoms with van der Waals surface area (Å²) in [4.78, 5) is 15.3. The zero-order valence-electron chi connectivity index (χ0n) is 18.5. The second-order valence-electron chi connectivity index (χ2n) is 8.30. The van der Waals surface area contributed by atoms with E-state index in [-0.39, 0.29) is 11.9 Å². The number of nitrogens with zero attached hydrogens (tertiary/aromatic N) is 3. The Bertz CT molecular complexity index is 1200. The van der Waals surface area contributed by atoms with E-state index in [0.717, 1.165) is 52.8 Å². The molecule has 2 aromatic carbocycles. The molecular weight excluding hydrogens is 433 g/mol. The third kappa shape index (κ3) is 4.94. The van der Waals surface area contributed by atoms with Gasteiger partial charge in [0, 0.05) is 17.7 Å². The Labute approximate surface area is 197 Å². The van der Waals surface area contributed by atoms with Gasteiger partial charge in [0.25, 0.3) is 0 Å².